The molecule has 0 spiro atoms. The average Bonchev–Trinajstić information content (AvgIpc) is 2.93. The van der Waals surface area contributed by atoms with Gasteiger partial charge in [-0.25, -0.2) is 0 Å². The highest BCUT2D eigenvalue weighted by molar-refractivity contribution is 5.78. The molecule has 2 rings (SSSR count). The van der Waals surface area contributed by atoms with Crippen LogP contribution in [-0.2, 0) is 11.2 Å². The minimum absolute atomic E-state index is 0.165. The Bertz CT molecular complexity index is 421. The topological polar surface area (TPSA) is 84.9 Å². The largest absolute Gasteiger partial charge is 0.367 e. The zero-order chi connectivity index (χ0) is 12.1. The lowest BCUT2D eigenvalue weighted by Crippen LogP contribution is -2.27. The second kappa shape index (κ2) is 5.41. The number of carbonyl (C=O) groups is 1. The van der Waals surface area contributed by atoms with Crippen LogP contribution >= 0.6 is 0 Å². The van der Waals surface area contributed by atoms with Gasteiger partial charge in [0.05, 0.1) is 0 Å². The number of nitrogens with one attached hydrogen (secondary N) is 1. The lowest BCUT2D eigenvalue weighted by molar-refractivity contribution is -0.127. The molecule has 17 heavy (non-hydrogen) atoms. The third kappa shape index (κ3) is 3.01. The Labute approximate surface area is 99.2 Å². The highest BCUT2D eigenvalue weighted by Crippen LogP contribution is 2.18. The first kappa shape index (κ1) is 11.5. The molecule has 1 aromatic rings. The molecular weight excluding hydrogens is 218 g/mol. The first-order valence-corrected chi connectivity index (χ1v) is 5.70. The molecule has 0 radical (unpaired) electrons. The highest BCUT2D eigenvalue weighted by Gasteiger charge is 2.28. The third-order valence-electron chi connectivity index (χ3n) is 3.03. The molecule has 0 aliphatic carbocycles. The monoisotopic (exact) mass is 233 g/mol. The highest BCUT2D eigenvalue weighted by atomic mass is 16.2. The average molecular weight is 233 g/mol. The second-order valence-electron chi connectivity index (χ2n) is 4.29. The fraction of sp³-hybridized carbons (Fsp3) is 0.545. The van der Waals surface area contributed by atoms with Crippen molar-refractivity contribution >= 4 is 5.91 Å². The van der Waals surface area contributed by atoms with E-state index in [4.69, 9.17) is 5.53 Å². The predicted octanol–water partition coefficient (Wildman–Crippen LogP) is 1.72. The molecule has 1 unspecified atom stereocenters. The number of likely N-dealkylation sites (tertiary alicyclic amines) is 1. The zero-order valence-corrected chi connectivity index (χ0v) is 9.54. The van der Waals surface area contributed by atoms with Crippen LogP contribution in [0.25, 0.3) is 10.4 Å². The molecule has 0 aromatic carbocycles. The van der Waals surface area contributed by atoms with Crippen molar-refractivity contribution < 1.29 is 4.79 Å². The van der Waals surface area contributed by atoms with Crippen molar-refractivity contribution in [1.29, 1.82) is 0 Å². The van der Waals surface area contributed by atoms with Crippen LogP contribution in [0.3, 0.4) is 0 Å². The predicted molar refractivity (Wildman–Crippen MR) is 63.2 cm³/mol. The van der Waals surface area contributed by atoms with Crippen LogP contribution in [0.1, 0.15) is 12.0 Å². The number of azide groups is 1. The molecule has 0 bridgehead atoms. The van der Waals surface area contributed by atoms with Gasteiger partial charge in [0.2, 0.25) is 5.91 Å². The molecule has 6 nitrogen and oxygen atoms in total. The number of aromatic nitrogens is 1. The first-order chi connectivity index (χ1) is 8.29. The van der Waals surface area contributed by atoms with Crippen molar-refractivity contribution in [2.75, 3.05) is 19.6 Å². The minimum atomic E-state index is 0.165. The Morgan fingerprint density at radius 2 is 2.53 bits per heavy atom. The molecule has 90 valence electrons. The lowest BCUT2D eigenvalue weighted by Gasteiger charge is -2.15. The number of rotatable bonds is 5. The summed E-state index contributed by atoms with van der Waals surface area (Å²) in [5, 5.41) is 3.53. The van der Waals surface area contributed by atoms with E-state index in [2.05, 4.69) is 15.0 Å². The third-order valence-corrected chi connectivity index (χ3v) is 3.03. The summed E-state index contributed by atoms with van der Waals surface area (Å²) in [6.45, 7) is 1.87. The van der Waals surface area contributed by atoms with E-state index in [-0.39, 0.29) is 11.8 Å². The number of amides is 1. The normalized spacial score (nSPS) is 19.4. The molecule has 1 atom stereocenters. The van der Waals surface area contributed by atoms with Crippen LogP contribution in [0, 0.1) is 5.92 Å². The Morgan fingerprint density at radius 1 is 1.65 bits per heavy atom. The van der Waals surface area contributed by atoms with Crippen LogP contribution in [0.5, 0.6) is 0 Å². The van der Waals surface area contributed by atoms with Crippen LogP contribution in [0.2, 0.25) is 0 Å². The summed E-state index contributed by atoms with van der Waals surface area (Å²) in [4.78, 5) is 19.3. The Balaban J connectivity index is 1.81. The molecule has 1 fully saturated rings. The summed E-state index contributed by atoms with van der Waals surface area (Å²) in [5.41, 5.74) is 9.45. The number of nitrogens with zero attached hydrogens (tertiary/aromatic N) is 4. The van der Waals surface area contributed by atoms with Crippen molar-refractivity contribution in [2.45, 2.75) is 12.8 Å². The van der Waals surface area contributed by atoms with Gasteiger partial charge in [0.25, 0.3) is 0 Å². The number of hydrogen-bond acceptors (Lipinski definition) is 2. The second-order valence-corrected chi connectivity index (χ2v) is 4.29. The van der Waals surface area contributed by atoms with Crippen LogP contribution in [-0.4, -0.2) is 35.4 Å². The number of H-pyrrole nitrogens is 1. The molecule has 1 aliphatic rings. The van der Waals surface area contributed by atoms with Crippen LogP contribution in [0.15, 0.2) is 23.6 Å². The first-order valence-electron chi connectivity index (χ1n) is 5.70. The summed E-state index contributed by atoms with van der Waals surface area (Å²) >= 11 is 0. The number of hydrogen-bond donors (Lipinski definition) is 1. The quantitative estimate of drug-likeness (QED) is 0.468. The van der Waals surface area contributed by atoms with E-state index in [0.29, 0.717) is 19.5 Å². The van der Waals surface area contributed by atoms with Gasteiger partial charge in [-0.15, -0.1) is 0 Å². The van der Waals surface area contributed by atoms with Crippen molar-refractivity contribution in [2.24, 2.45) is 11.0 Å². The fourth-order valence-electron chi connectivity index (χ4n) is 2.12. The Hall–Kier alpha value is -1.94. The molecule has 1 N–H and O–H groups in total. The van der Waals surface area contributed by atoms with E-state index in [1.54, 1.807) is 0 Å². The van der Waals surface area contributed by atoms with Gasteiger partial charge in [-0.2, -0.15) is 0 Å². The molecule has 1 amide bonds. The maximum Gasteiger partial charge on any atom is 0.222 e. The molecule has 2 heterocycles. The van der Waals surface area contributed by atoms with E-state index in [1.807, 2.05) is 23.4 Å². The van der Waals surface area contributed by atoms with Crippen molar-refractivity contribution in [1.82, 2.24) is 9.88 Å². The van der Waals surface area contributed by atoms with Crippen molar-refractivity contribution in [3.63, 3.8) is 0 Å². The zero-order valence-electron chi connectivity index (χ0n) is 9.54. The molecule has 1 aliphatic heterocycles. The van der Waals surface area contributed by atoms with Crippen molar-refractivity contribution in [3.8, 4) is 0 Å². The number of aromatic amines is 1. The van der Waals surface area contributed by atoms with Gasteiger partial charge in [0.15, 0.2) is 0 Å². The maximum absolute atomic E-state index is 11.7. The smallest absolute Gasteiger partial charge is 0.222 e. The number of carbonyl (C=O) groups excluding carboxylic acids is 1. The van der Waals surface area contributed by atoms with Gasteiger partial charge >= 0.3 is 0 Å². The van der Waals surface area contributed by atoms with E-state index in [0.717, 1.165) is 13.0 Å². The van der Waals surface area contributed by atoms with Crippen LogP contribution < -0.4 is 0 Å². The summed E-state index contributed by atoms with van der Waals surface area (Å²) < 4.78 is 0. The van der Waals surface area contributed by atoms with Gasteiger partial charge in [-0.05, 0) is 29.5 Å². The van der Waals surface area contributed by atoms with E-state index in [1.165, 1.54) is 5.56 Å². The molecule has 0 saturated carbocycles. The van der Waals surface area contributed by atoms with E-state index in [9.17, 15) is 4.79 Å². The Morgan fingerprint density at radius 3 is 3.24 bits per heavy atom. The summed E-state index contributed by atoms with van der Waals surface area (Å²) in [5.74, 6) is 0.350. The molecule has 6 heteroatoms. The maximum atomic E-state index is 11.7. The summed E-state index contributed by atoms with van der Waals surface area (Å²) in [7, 11) is 0. The van der Waals surface area contributed by atoms with Gasteiger partial charge in [0.1, 0.15) is 0 Å². The van der Waals surface area contributed by atoms with E-state index >= 15 is 0 Å². The fourth-order valence-corrected chi connectivity index (χ4v) is 2.12. The summed E-state index contributed by atoms with van der Waals surface area (Å²) in [6, 6.07) is 2.01. The molecule has 1 aromatic heterocycles. The van der Waals surface area contributed by atoms with Crippen molar-refractivity contribution in [3.05, 3.63) is 34.5 Å². The van der Waals surface area contributed by atoms with Gasteiger partial charge < -0.3 is 9.88 Å². The van der Waals surface area contributed by atoms with Gasteiger partial charge in [-0.1, -0.05) is 5.11 Å². The molecular formula is C11H15N5O. The van der Waals surface area contributed by atoms with Gasteiger partial charge in [-0.3, -0.25) is 4.79 Å². The standard InChI is InChI=1S/C11H15N5O/c12-15-14-7-10-5-11(17)16(8-10)4-2-9-1-3-13-6-9/h1,3,6,10,13H,2,4-5,7-8H2. The SMILES string of the molecule is [N-]=[N+]=NCC1CC(=O)N(CCc2cc[nH]c2)C1. The minimum Gasteiger partial charge on any atom is -0.367 e. The van der Waals surface area contributed by atoms with Crippen LogP contribution in [0.4, 0.5) is 0 Å². The van der Waals surface area contributed by atoms with Gasteiger partial charge in [0, 0.05) is 43.4 Å². The Kier molecular flexibility index (Phi) is 3.67. The molecule has 1 saturated heterocycles. The summed E-state index contributed by atoms with van der Waals surface area (Å²) in [6.07, 6.45) is 5.19. The van der Waals surface area contributed by atoms with E-state index < -0.39 is 0 Å². The lowest BCUT2D eigenvalue weighted by atomic mass is 10.1.